The van der Waals surface area contributed by atoms with Gasteiger partial charge < -0.3 is 25.0 Å². The lowest BCUT2D eigenvalue weighted by atomic mass is 9.77. The zero-order valence-corrected chi connectivity index (χ0v) is 16.2. The highest BCUT2D eigenvalue weighted by Crippen LogP contribution is 2.40. The van der Waals surface area contributed by atoms with Crippen LogP contribution in [0.4, 0.5) is 10.6 Å². The van der Waals surface area contributed by atoms with E-state index in [2.05, 4.69) is 29.0 Å². The molecule has 2 aliphatic carbocycles. The van der Waals surface area contributed by atoms with Gasteiger partial charge in [-0.25, -0.2) is 9.78 Å². The van der Waals surface area contributed by atoms with Crippen molar-refractivity contribution in [3.63, 3.8) is 0 Å². The molecular formula is C21H24N4O4. The number of allylic oxidation sites excluding steroid dienone is 1. The van der Waals surface area contributed by atoms with Crippen LogP contribution >= 0.6 is 0 Å². The maximum Gasteiger partial charge on any atom is 0.511 e. The van der Waals surface area contributed by atoms with E-state index in [1.165, 1.54) is 6.20 Å². The van der Waals surface area contributed by atoms with Crippen LogP contribution < -0.4 is 20.8 Å². The first kappa shape index (κ1) is 18.2. The third-order valence-electron chi connectivity index (χ3n) is 6.55. The molecule has 3 heterocycles. The van der Waals surface area contributed by atoms with E-state index < -0.39 is 11.6 Å². The van der Waals surface area contributed by atoms with Crippen molar-refractivity contribution in [3.8, 4) is 5.75 Å². The minimum absolute atomic E-state index is 0.0574. The number of hydrogen-bond acceptors (Lipinski definition) is 6. The molecule has 8 heteroatoms. The van der Waals surface area contributed by atoms with Crippen LogP contribution in [0.15, 0.2) is 35.4 Å². The highest BCUT2D eigenvalue weighted by atomic mass is 16.7. The van der Waals surface area contributed by atoms with Crippen molar-refractivity contribution in [3.05, 3.63) is 40.8 Å². The molecule has 152 valence electrons. The third-order valence-corrected chi connectivity index (χ3v) is 6.55. The Bertz CT molecular complexity index is 1050. The molecule has 0 unspecified atom stereocenters. The summed E-state index contributed by atoms with van der Waals surface area (Å²) in [5.74, 6) is 2.01. The van der Waals surface area contributed by atoms with Gasteiger partial charge in [0.2, 0.25) is 5.43 Å². The number of hydrogen-bond donors (Lipinski definition) is 2. The van der Waals surface area contributed by atoms with Gasteiger partial charge in [-0.1, -0.05) is 19.1 Å². The molecule has 0 bridgehead atoms. The number of aromatic nitrogens is 2. The SMILES string of the molecule is C[C@H]1C=C[C@@H](N)[C@H]2CN(c3cc4c(cn3)c(=O)c(OC(=O)O)cn4C3CC3)C[C@H]21. The molecule has 0 spiro atoms. The van der Waals surface area contributed by atoms with E-state index in [0.29, 0.717) is 23.1 Å². The topological polar surface area (TPSA) is 111 Å². The van der Waals surface area contributed by atoms with Gasteiger partial charge in [0, 0.05) is 43.4 Å². The zero-order valence-electron chi connectivity index (χ0n) is 16.2. The standard InChI is InChI=1S/C21H24N4O4/c1-11-2-5-16(22)15-9-24(8-14(11)15)19-6-17-13(7-23-19)20(26)18(29-21(27)28)10-25(17)12-3-4-12/h2,5-7,10-12,14-16H,3-4,8-9,22H2,1H3,(H,27,28)/t11-,14-,15-,16+/m0/s1. The van der Waals surface area contributed by atoms with Gasteiger partial charge in [-0.2, -0.15) is 0 Å². The van der Waals surface area contributed by atoms with Gasteiger partial charge in [0.25, 0.3) is 0 Å². The fourth-order valence-electron chi connectivity index (χ4n) is 4.80. The van der Waals surface area contributed by atoms with Crippen LogP contribution in [0, 0.1) is 17.8 Å². The second-order valence-corrected chi connectivity index (χ2v) is 8.44. The number of nitrogens with two attached hydrogens (primary N) is 1. The van der Waals surface area contributed by atoms with Gasteiger partial charge in [-0.05, 0) is 24.7 Å². The summed E-state index contributed by atoms with van der Waals surface area (Å²) in [5.41, 5.74) is 6.64. The number of ether oxygens (including phenoxy) is 1. The van der Waals surface area contributed by atoms with Gasteiger partial charge in [-0.3, -0.25) is 4.79 Å². The Morgan fingerprint density at radius 3 is 2.72 bits per heavy atom. The predicted octanol–water partition coefficient (Wildman–Crippen LogP) is 2.37. The molecule has 1 saturated carbocycles. The Hall–Kier alpha value is -2.87. The summed E-state index contributed by atoms with van der Waals surface area (Å²) in [5, 5.41) is 9.31. The lowest BCUT2D eigenvalue weighted by Crippen LogP contribution is -2.38. The molecule has 8 nitrogen and oxygen atoms in total. The molecule has 2 aromatic heterocycles. The van der Waals surface area contributed by atoms with Crippen molar-refractivity contribution >= 4 is 22.9 Å². The summed E-state index contributed by atoms with van der Waals surface area (Å²) in [6, 6.07) is 2.26. The summed E-state index contributed by atoms with van der Waals surface area (Å²) >= 11 is 0. The number of rotatable bonds is 3. The van der Waals surface area contributed by atoms with Crippen LogP contribution in [0.2, 0.25) is 0 Å². The fraction of sp³-hybridized carbons (Fsp3) is 0.476. The lowest BCUT2D eigenvalue weighted by Gasteiger charge is -2.30. The van der Waals surface area contributed by atoms with Crippen LogP contribution in [0.5, 0.6) is 5.75 Å². The maximum absolute atomic E-state index is 12.7. The number of nitrogens with zero attached hydrogens (tertiary/aromatic N) is 3. The Kier molecular flexibility index (Phi) is 4.13. The van der Waals surface area contributed by atoms with Crippen molar-refractivity contribution in [2.75, 3.05) is 18.0 Å². The average molecular weight is 396 g/mol. The van der Waals surface area contributed by atoms with Crippen molar-refractivity contribution < 1.29 is 14.6 Å². The van der Waals surface area contributed by atoms with Gasteiger partial charge in [0.05, 0.1) is 17.1 Å². The minimum Gasteiger partial charge on any atom is -0.449 e. The normalized spacial score (nSPS) is 28.6. The highest BCUT2D eigenvalue weighted by Gasteiger charge is 2.40. The molecule has 29 heavy (non-hydrogen) atoms. The molecule has 3 aliphatic rings. The predicted molar refractivity (Wildman–Crippen MR) is 108 cm³/mol. The van der Waals surface area contributed by atoms with E-state index in [-0.39, 0.29) is 17.8 Å². The fourth-order valence-corrected chi connectivity index (χ4v) is 4.80. The van der Waals surface area contributed by atoms with Crippen LogP contribution in [0.25, 0.3) is 10.9 Å². The molecule has 2 aromatic rings. The van der Waals surface area contributed by atoms with Crippen LogP contribution in [0.3, 0.4) is 0 Å². The second-order valence-electron chi connectivity index (χ2n) is 8.44. The van der Waals surface area contributed by atoms with Gasteiger partial charge in [0.15, 0.2) is 5.75 Å². The zero-order chi connectivity index (χ0) is 20.3. The van der Waals surface area contributed by atoms with E-state index in [1.54, 1.807) is 6.20 Å². The number of pyridine rings is 2. The van der Waals surface area contributed by atoms with Crippen LogP contribution in [-0.2, 0) is 0 Å². The molecule has 3 N–H and O–H groups in total. The number of carbonyl (C=O) groups is 1. The van der Waals surface area contributed by atoms with Crippen molar-refractivity contribution in [2.24, 2.45) is 23.5 Å². The highest BCUT2D eigenvalue weighted by molar-refractivity contribution is 5.83. The summed E-state index contributed by atoms with van der Waals surface area (Å²) < 4.78 is 6.67. The number of fused-ring (bicyclic) bond motifs is 2. The van der Waals surface area contributed by atoms with Crippen LogP contribution in [0.1, 0.15) is 25.8 Å². The maximum atomic E-state index is 12.7. The monoisotopic (exact) mass is 396 g/mol. The first-order valence-electron chi connectivity index (χ1n) is 10.1. The second kappa shape index (κ2) is 6.59. The van der Waals surface area contributed by atoms with Crippen molar-refractivity contribution in [2.45, 2.75) is 31.8 Å². The summed E-state index contributed by atoms with van der Waals surface area (Å²) in [4.78, 5) is 30.5. The molecule has 2 fully saturated rings. The van der Waals surface area contributed by atoms with Crippen LogP contribution in [-0.4, -0.2) is 39.9 Å². The Labute approximate surface area is 167 Å². The quantitative estimate of drug-likeness (QED) is 0.605. The van der Waals surface area contributed by atoms with E-state index in [4.69, 9.17) is 15.6 Å². The molecule has 1 aliphatic heterocycles. The van der Waals surface area contributed by atoms with E-state index >= 15 is 0 Å². The Morgan fingerprint density at radius 2 is 2.03 bits per heavy atom. The molecule has 1 saturated heterocycles. The molecule has 5 rings (SSSR count). The molecule has 4 atom stereocenters. The van der Waals surface area contributed by atoms with E-state index in [1.807, 2.05) is 10.6 Å². The molecular weight excluding hydrogens is 372 g/mol. The van der Waals surface area contributed by atoms with Crippen molar-refractivity contribution in [1.29, 1.82) is 0 Å². The molecule has 0 amide bonds. The van der Waals surface area contributed by atoms with E-state index in [9.17, 15) is 9.59 Å². The smallest absolute Gasteiger partial charge is 0.449 e. The summed E-state index contributed by atoms with van der Waals surface area (Å²) in [7, 11) is 0. The first-order valence-corrected chi connectivity index (χ1v) is 10.1. The third kappa shape index (κ3) is 3.07. The van der Waals surface area contributed by atoms with E-state index in [0.717, 1.165) is 37.3 Å². The number of anilines is 1. The lowest BCUT2D eigenvalue weighted by molar-refractivity contribution is 0.143. The summed E-state index contributed by atoms with van der Waals surface area (Å²) in [6.07, 6.45) is 7.88. The van der Waals surface area contributed by atoms with Crippen molar-refractivity contribution in [1.82, 2.24) is 9.55 Å². The number of carboxylic acid groups (broad SMARTS) is 1. The molecule has 0 radical (unpaired) electrons. The van der Waals surface area contributed by atoms with Gasteiger partial charge in [0.1, 0.15) is 5.82 Å². The van der Waals surface area contributed by atoms with Gasteiger partial charge >= 0.3 is 6.16 Å². The Morgan fingerprint density at radius 1 is 1.28 bits per heavy atom. The summed E-state index contributed by atoms with van der Waals surface area (Å²) in [6.45, 7) is 3.95. The Balaban J connectivity index is 1.55. The van der Waals surface area contributed by atoms with Gasteiger partial charge in [-0.15, -0.1) is 0 Å². The average Bonchev–Trinajstić information content (AvgIpc) is 3.43. The molecule has 0 aromatic carbocycles. The largest absolute Gasteiger partial charge is 0.511 e. The first-order chi connectivity index (χ1) is 13.9. The minimum atomic E-state index is -1.49.